The van der Waals surface area contributed by atoms with E-state index in [4.69, 9.17) is 16.6 Å². The summed E-state index contributed by atoms with van der Waals surface area (Å²) >= 11 is 6.17. The molecule has 0 aliphatic heterocycles. The normalized spacial score (nSPS) is 11.3. The molecule has 0 bridgehead atoms. The van der Waals surface area contributed by atoms with Crippen LogP contribution in [0.25, 0.3) is 44.5 Å². The Balaban J connectivity index is 1.89. The van der Waals surface area contributed by atoms with Crippen molar-refractivity contribution in [1.29, 1.82) is 0 Å². The fraction of sp³-hybridized carbons (Fsp3) is 0.154. The molecule has 0 fully saturated rings. The van der Waals surface area contributed by atoms with Gasteiger partial charge in [-0.1, -0.05) is 54.9 Å². The van der Waals surface area contributed by atoms with E-state index in [2.05, 4.69) is 28.1 Å². The van der Waals surface area contributed by atoms with Gasteiger partial charge in [-0.2, -0.15) is 0 Å². The summed E-state index contributed by atoms with van der Waals surface area (Å²) in [6, 6.07) is 21.6. The van der Waals surface area contributed by atoms with Crippen LogP contribution in [0.4, 0.5) is 0 Å². The number of nitrogens with one attached hydrogen (secondary N) is 2. The molecule has 0 aliphatic rings. The van der Waals surface area contributed by atoms with Gasteiger partial charge >= 0.3 is 0 Å². The number of hydrogen-bond acceptors (Lipinski definition) is 3. The quantitative estimate of drug-likeness (QED) is 0.344. The van der Waals surface area contributed by atoms with E-state index in [0.29, 0.717) is 10.7 Å². The number of fused-ring (bicyclic) bond motifs is 2. The molecule has 160 valence electrons. The van der Waals surface area contributed by atoms with Crippen molar-refractivity contribution < 1.29 is 0 Å². The Bertz CT molecular complexity index is 1500. The number of hydrogen-bond donors (Lipinski definition) is 2. The molecule has 5 rings (SSSR count). The van der Waals surface area contributed by atoms with Crippen molar-refractivity contribution in [3.05, 3.63) is 87.7 Å². The summed E-state index contributed by atoms with van der Waals surface area (Å²) in [7, 11) is 0. The Morgan fingerprint density at radius 1 is 1.06 bits per heavy atom. The van der Waals surface area contributed by atoms with E-state index < -0.39 is 0 Å². The van der Waals surface area contributed by atoms with Crippen molar-refractivity contribution in [1.82, 2.24) is 14.6 Å². The summed E-state index contributed by atoms with van der Waals surface area (Å²) in [6.45, 7) is 4.94. The highest BCUT2D eigenvalue weighted by Gasteiger charge is 2.23. The predicted octanol–water partition coefficient (Wildman–Crippen LogP) is 6.13. The number of nitrogens with zero attached hydrogens (tertiary/aromatic N) is 2. The van der Waals surface area contributed by atoms with Crippen LogP contribution in [0.3, 0.4) is 0 Å². The molecule has 5 nitrogen and oxygen atoms in total. The maximum atomic E-state index is 13.3. The third kappa shape index (κ3) is 3.45. The molecule has 6 heteroatoms. The maximum Gasteiger partial charge on any atom is 0.275 e. The van der Waals surface area contributed by atoms with Gasteiger partial charge in [-0.15, -0.1) is 0 Å². The summed E-state index contributed by atoms with van der Waals surface area (Å²) in [5.41, 5.74) is 9.93. The van der Waals surface area contributed by atoms with E-state index in [9.17, 15) is 4.79 Å². The van der Waals surface area contributed by atoms with Crippen LogP contribution >= 0.6 is 11.6 Å². The summed E-state index contributed by atoms with van der Waals surface area (Å²) in [5.74, 6) is 0. The van der Waals surface area contributed by atoms with Crippen LogP contribution in [-0.4, -0.2) is 21.2 Å². The SMILES string of the molecule is CCCNn1c(-c2ccc(Cl)cc2)c(-c2nc3cc(C)ccc3[nH]c2=O)c2ccccc21. The van der Waals surface area contributed by atoms with Gasteiger partial charge in [-0.3, -0.25) is 9.47 Å². The van der Waals surface area contributed by atoms with Crippen molar-refractivity contribution in [2.24, 2.45) is 0 Å². The smallest absolute Gasteiger partial charge is 0.275 e. The van der Waals surface area contributed by atoms with E-state index in [1.54, 1.807) is 0 Å². The maximum absolute atomic E-state index is 13.3. The molecule has 0 aliphatic carbocycles. The highest BCUT2D eigenvalue weighted by molar-refractivity contribution is 6.30. The molecule has 0 unspecified atom stereocenters. The lowest BCUT2D eigenvalue weighted by molar-refractivity contribution is 0.837. The minimum atomic E-state index is -0.213. The van der Waals surface area contributed by atoms with Gasteiger partial charge in [0.1, 0.15) is 5.69 Å². The van der Waals surface area contributed by atoms with Crippen LogP contribution in [0.2, 0.25) is 5.02 Å². The van der Waals surface area contributed by atoms with Gasteiger partial charge in [0.05, 0.1) is 22.2 Å². The second-order valence-corrected chi connectivity index (χ2v) is 8.36. The van der Waals surface area contributed by atoms with Crippen LogP contribution in [0.1, 0.15) is 18.9 Å². The third-order valence-electron chi connectivity index (χ3n) is 5.60. The molecule has 0 saturated heterocycles. The van der Waals surface area contributed by atoms with Crippen LogP contribution in [0.15, 0.2) is 71.5 Å². The number of H-pyrrole nitrogens is 1. The zero-order chi connectivity index (χ0) is 22.2. The third-order valence-corrected chi connectivity index (χ3v) is 5.85. The number of aromatic amines is 1. The van der Waals surface area contributed by atoms with E-state index in [1.807, 2.05) is 67.6 Å². The van der Waals surface area contributed by atoms with Gasteiger partial charge in [-0.05, 0) is 49.2 Å². The fourth-order valence-corrected chi connectivity index (χ4v) is 4.24. The van der Waals surface area contributed by atoms with Crippen molar-refractivity contribution in [3.63, 3.8) is 0 Å². The second-order valence-electron chi connectivity index (χ2n) is 7.93. The molecule has 2 heterocycles. The van der Waals surface area contributed by atoms with Crippen LogP contribution in [-0.2, 0) is 0 Å². The standard InChI is InChI=1S/C26H23ClN4O/c1-3-14-28-31-22-7-5-4-6-19(22)23(25(31)17-9-11-18(27)12-10-17)24-26(32)30-20-13-8-16(2)15-21(20)29-24/h4-13,15,28H,3,14H2,1-2H3,(H,30,32). The lowest BCUT2D eigenvalue weighted by Crippen LogP contribution is -2.17. The number of aromatic nitrogens is 3. The first-order chi connectivity index (χ1) is 15.6. The second kappa shape index (κ2) is 8.17. The van der Waals surface area contributed by atoms with Crippen molar-refractivity contribution in [2.75, 3.05) is 12.0 Å². The molecule has 0 spiro atoms. The van der Waals surface area contributed by atoms with Gasteiger partial charge in [0.25, 0.3) is 5.56 Å². The molecule has 2 N–H and O–H groups in total. The Labute approximate surface area is 190 Å². The van der Waals surface area contributed by atoms with Crippen molar-refractivity contribution >= 4 is 33.5 Å². The number of halogens is 1. The monoisotopic (exact) mass is 442 g/mol. The predicted molar refractivity (Wildman–Crippen MR) is 133 cm³/mol. The van der Waals surface area contributed by atoms with Gasteiger partial charge < -0.3 is 10.4 Å². The Kier molecular flexibility index (Phi) is 5.19. The topological polar surface area (TPSA) is 62.7 Å². The van der Waals surface area contributed by atoms with E-state index >= 15 is 0 Å². The van der Waals surface area contributed by atoms with Gasteiger partial charge in [0.2, 0.25) is 0 Å². The lowest BCUT2D eigenvalue weighted by atomic mass is 10.0. The van der Waals surface area contributed by atoms with Gasteiger partial charge in [0, 0.05) is 28.1 Å². The van der Waals surface area contributed by atoms with E-state index in [0.717, 1.165) is 57.3 Å². The van der Waals surface area contributed by atoms with Crippen LogP contribution in [0.5, 0.6) is 0 Å². The Hall–Kier alpha value is -3.57. The number of aryl methyl sites for hydroxylation is 1. The summed E-state index contributed by atoms with van der Waals surface area (Å²) in [5, 5.41) is 1.63. The molecule has 3 aromatic carbocycles. The zero-order valence-corrected chi connectivity index (χ0v) is 18.7. The summed E-state index contributed by atoms with van der Waals surface area (Å²) < 4.78 is 2.07. The average molecular weight is 443 g/mol. The lowest BCUT2D eigenvalue weighted by Gasteiger charge is -2.14. The average Bonchev–Trinajstić information content (AvgIpc) is 3.12. The molecule has 0 saturated carbocycles. The fourth-order valence-electron chi connectivity index (χ4n) is 4.11. The molecule has 32 heavy (non-hydrogen) atoms. The summed E-state index contributed by atoms with van der Waals surface area (Å²) in [4.78, 5) is 21.1. The first-order valence-electron chi connectivity index (χ1n) is 10.7. The highest BCUT2D eigenvalue weighted by Crippen LogP contribution is 2.39. The molecule has 0 amide bonds. The zero-order valence-electron chi connectivity index (χ0n) is 17.9. The first kappa shape index (κ1) is 20.3. The van der Waals surface area contributed by atoms with E-state index in [1.165, 1.54) is 0 Å². The van der Waals surface area contributed by atoms with Crippen molar-refractivity contribution in [3.8, 4) is 22.5 Å². The molecular formula is C26H23ClN4O. The van der Waals surface area contributed by atoms with Crippen molar-refractivity contribution in [2.45, 2.75) is 20.3 Å². The van der Waals surface area contributed by atoms with Gasteiger partial charge in [-0.25, -0.2) is 4.98 Å². The number of para-hydroxylation sites is 1. The highest BCUT2D eigenvalue weighted by atomic mass is 35.5. The van der Waals surface area contributed by atoms with E-state index in [-0.39, 0.29) is 5.56 Å². The molecule has 0 atom stereocenters. The number of benzene rings is 3. The minimum Gasteiger partial charge on any atom is -0.325 e. The number of rotatable bonds is 5. The molecular weight excluding hydrogens is 420 g/mol. The Morgan fingerprint density at radius 3 is 2.62 bits per heavy atom. The molecule has 0 radical (unpaired) electrons. The molecule has 2 aromatic heterocycles. The largest absolute Gasteiger partial charge is 0.325 e. The molecule has 5 aromatic rings. The van der Waals surface area contributed by atoms with Crippen LogP contribution < -0.4 is 11.0 Å². The first-order valence-corrected chi connectivity index (χ1v) is 11.1. The van der Waals surface area contributed by atoms with Crippen LogP contribution in [0, 0.1) is 6.92 Å². The van der Waals surface area contributed by atoms with Gasteiger partial charge in [0.15, 0.2) is 0 Å². The Morgan fingerprint density at radius 2 is 1.84 bits per heavy atom. The summed E-state index contributed by atoms with van der Waals surface area (Å²) in [6.07, 6.45) is 0.968. The minimum absolute atomic E-state index is 0.213.